The quantitative estimate of drug-likeness (QED) is 0.428. The van der Waals surface area contributed by atoms with Gasteiger partial charge in [0.1, 0.15) is 5.82 Å². The zero-order valence-electron chi connectivity index (χ0n) is 16.5. The maximum atomic E-state index is 13.8. The number of nitrogens with zero attached hydrogens (tertiary/aromatic N) is 5. The van der Waals surface area contributed by atoms with Gasteiger partial charge in [0.05, 0.1) is 11.4 Å². The molecule has 2 heterocycles. The van der Waals surface area contributed by atoms with Gasteiger partial charge in [-0.2, -0.15) is 4.98 Å². The maximum absolute atomic E-state index is 13.8. The van der Waals surface area contributed by atoms with Crippen molar-refractivity contribution >= 4 is 35.0 Å². The Morgan fingerprint density at radius 2 is 2.00 bits per heavy atom. The third-order valence-electron chi connectivity index (χ3n) is 4.30. The zero-order chi connectivity index (χ0) is 22.0. The second-order valence-electron chi connectivity index (χ2n) is 6.62. The Bertz CT molecular complexity index is 1240. The van der Waals surface area contributed by atoms with Crippen LogP contribution in [-0.2, 0) is 11.8 Å². The van der Waals surface area contributed by atoms with Crippen LogP contribution in [0.3, 0.4) is 0 Å². The smallest absolute Gasteiger partial charge is 0.296 e. The zero-order valence-corrected chi connectivity index (χ0v) is 18.0. The molecule has 4 aromatic rings. The van der Waals surface area contributed by atoms with Crippen LogP contribution in [0.4, 0.5) is 10.1 Å². The second-order valence-corrected chi connectivity index (χ2v) is 7.99. The summed E-state index contributed by atoms with van der Waals surface area (Å²) in [6, 6.07) is 11.8. The first-order valence-corrected chi connectivity index (χ1v) is 10.5. The lowest BCUT2D eigenvalue weighted by Crippen LogP contribution is -2.15. The summed E-state index contributed by atoms with van der Waals surface area (Å²) >= 11 is 6.86. The number of aryl methyl sites for hydroxylation is 1. The molecule has 0 saturated carbocycles. The Hall–Kier alpha value is -3.24. The molecule has 8 nitrogen and oxygen atoms in total. The molecule has 0 spiro atoms. The number of hydrogen-bond acceptors (Lipinski definition) is 7. The Balaban J connectivity index is 1.42. The molecule has 2 aromatic heterocycles. The predicted octanol–water partition coefficient (Wildman–Crippen LogP) is 4.36. The Kier molecular flexibility index (Phi) is 6.01. The largest absolute Gasteiger partial charge is 0.330 e. The van der Waals surface area contributed by atoms with Crippen molar-refractivity contribution in [2.75, 3.05) is 11.1 Å². The predicted molar refractivity (Wildman–Crippen MR) is 115 cm³/mol. The fourth-order valence-corrected chi connectivity index (χ4v) is 3.54. The summed E-state index contributed by atoms with van der Waals surface area (Å²) in [7, 11) is 1.73. The van der Waals surface area contributed by atoms with Gasteiger partial charge in [-0.1, -0.05) is 58.3 Å². The highest BCUT2D eigenvalue weighted by Gasteiger charge is 2.19. The molecule has 31 heavy (non-hydrogen) atoms. The SMILES string of the molecule is Cc1ccc(-c2noc(-c3nnc(SCC(=O)Nc4ccc(Cl)cc4F)n3C)n2)cc1. The van der Waals surface area contributed by atoms with E-state index in [0.717, 1.165) is 29.0 Å². The average Bonchev–Trinajstić information content (AvgIpc) is 3.36. The van der Waals surface area contributed by atoms with E-state index < -0.39 is 11.7 Å². The molecule has 0 aliphatic rings. The standard InChI is InChI=1S/C20H16ClFN6O2S/c1-11-3-5-12(6-4-11)17-24-19(30-27-17)18-25-26-20(28(18)2)31-10-16(29)23-15-8-7-13(21)9-14(15)22/h3-9H,10H2,1-2H3,(H,23,29). The summed E-state index contributed by atoms with van der Waals surface area (Å²) in [4.78, 5) is 16.5. The van der Waals surface area contributed by atoms with Crippen molar-refractivity contribution in [3.05, 3.63) is 58.9 Å². The Morgan fingerprint density at radius 1 is 1.23 bits per heavy atom. The maximum Gasteiger partial charge on any atom is 0.296 e. The summed E-state index contributed by atoms with van der Waals surface area (Å²) in [5.74, 6) is 0.0361. The average molecular weight is 459 g/mol. The lowest BCUT2D eigenvalue weighted by molar-refractivity contribution is -0.113. The van der Waals surface area contributed by atoms with Crippen molar-refractivity contribution in [1.82, 2.24) is 24.9 Å². The molecule has 0 radical (unpaired) electrons. The van der Waals surface area contributed by atoms with Crippen molar-refractivity contribution in [3.63, 3.8) is 0 Å². The van der Waals surface area contributed by atoms with Gasteiger partial charge in [0.2, 0.25) is 17.6 Å². The van der Waals surface area contributed by atoms with E-state index in [1.807, 2.05) is 31.2 Å². The normalized spacial score (nSPS) is 11.0. The van der Waals surface area contributed by atoms with Crippen LogP contribution < -0.4 is 5.32 Å². The number of carbonyl (C=O) groups excluding carboxylic acids is 1. The molecule has 0 aliphatic carbocycles. The van der Waals surface area contributed by atoms with Crippen molar-refractivity contribution in [1.29, 1.82) is 0 Å². The fourth-order valence-electron chi connectivity index (χ4n) is 2.67. The summed E-state index contributed by atoms with van der Waals surface area (Å²) in [5, 5.41) is 15.4. The molecule has 11 heteroatoms. The second kappa shape index (κ2) is 8.86. The van der Waals surface area contributed by atoms with Crippen LogP contribution in [0.5, 0.6) is 0 Å². The van der Waals surface area contributed by atoms with E-state index in [1.54, 1.807) is 11.6 Å². The van der Waals surface area contributed by atoms with Crippen LogP contribution in [0, 0.1) is 12.7 Å². The molecule has 1 amide bonds. The third kappa shape index (κ3) is 4.75. The Labute approximate surface area is 185 Å². The van der Waals surface area contributed by atoms with Gasteiger partial charge in [0, 0.05) is 17.6 Å². The van der Waals surface area contributed by atoms with E-state index in [-0.39, 0.29) is 22.4 Å². The number of carbonyl (C=O) groups is 1. The number of aromatic nitrogens is 5. The van der Waals surface area contributed by atoms with Crippen molar-refractivity contribution in [3.8, 4) is 23.1 Å². The van der Waals surface area contributed by atoms with Crippen LogP contribution in [0.15, 0.2) is 52.1 Å². The van der Waals surface area contributed by atoms with Crippen LogP contribution in [0.25, 0.3) is 23.1 Å². The van der Waals surface area contributed by atoms with E-state index in [4.69, 9.17) is 16.1 Å². The molecule has 1 N–H and O–H groups in total. The number of rotatable bonds is 6. The van der Waals surface area contributed by atoms with Gasteiger partial charge in [-0.15, -0.1) is 10.2 Å². The van der Waals surface area contributed by atoms with Gasteiger partial charge in [-0.25, -0.2) is 4.39 Å². The minimum Gasteiger partial charge on any atom is -0.330 e. The molecule has 0 saturated heterocycles. The third-order valence-corrected chi connectivity index (χ3v) is 5.55. The summed E-state index contributed by atoms with van der Waals surface area (Å²) in [6.07, 6.45) is 0. The van der Waals surface area contributed by atoms with Crippen LogP contribution in [0.1, 0.15) is 5.56 Å². The first-order chi connectivity index (χ1) is 14.9. The molecule has 4 rings (SSSR count). The van der Waals surface area contributed by atoms with Gasteiger partial charge >= 0.3 is 0 Å². The van der Waals surface area contributed by atoms with Crippen LogP contribution in [0.2, 0.25) is 5.02 Å². The van der Waals surface area contributed by atoms with Gasteiger partial charge in [0.15, 0.2) is 5.16 Å². The molecule has 0 unspecified atom stereocenters. The van der Waals surface area contributed by atoms with E-state index in [0.29, 0.717) is 16.8 Å². The molecule has 2 aromatic carbocycles. The van der Waals surface area contributed by atoms with Crippen molar-refractivity contribution in [2.45, 2.75) is 12.1 Å². The number of halogens is 2. The number of hydrogen-bond donors (Lipinski definition) is 1. The Morgan fingerprint density at radius 3 is 2.74 bits per heavy atom. The van der Waals surface area contributed by atoms with E-state index in [9.17, 15) is 9.18 Å². The van der Waals surface area contributed by atoms with E-state index in [1.165, 1.54) is 12.1 Å². The lowest BCUT2D eigenvalue weighted by Gasteiger charge is -2.06. The van der Waals surface area contributed by atoms with Gasteiger partial charge in [0.25, 0.3) is 5.89 Å². The molecule has 0 aliphatic heterocycles. The van der Waals surface area contributed by atoms with Gasteiger partial charge in [-0.3, -0.25) is 4.79 Å². The van der Waals surface area contributed by atoms with Crippen LogP contribution >= 0.6 is 23.4 Å². The number of nitrogens with one attached hydrogen (secondary N) is 1. The molecule has 158 valence electrons. The molecule has 0 bridgehead atoms. The van der Waals surface area contributed by atoms with Crippen molar-refractivity contribution < 1.29 is 13.7 Å². The molecular weight excluding hydrogens is 443 g/mol. The minimum absolute atomic E-state index is 0.00644. The molecule has 0 fully saturated rings. The van der Waals surface area contributed by atoms with Gasteiger partial charge < -0.3 is 14.4 Å². The highest BCUT2D eigenvalue weighted by molar-refractivity contribution is 7.99. The van der Waals surface area contributed by atoms with Crippen molar-refractivity contribution in [2.24, 2.45) is 7.05 Å². The number of thioether (sulfide) groups is 1. The number of amides is 1. The van der Waals surface area contributed by atoms with Crippen LogP contribution in [-0.4, -0.2) is 36.6 Å². The summed E-state index contributed by atoms with van der Waals surface area (Å²) < 4.78 is 20.8. The van der Waals surface area contributed by atoms with Gasteiger partial charge in [-0.05, 0) is 25.1 Å². The number of benzene rings is 2. The summed E-state index contributed by atoms with van der Waals surface area (Å²) in [6.45, 7) is 2.00. The first kappa shape index (κ1) is 21.0. The lowest BCUT2D eigenvalue weighted by atomic mass is 10.1. The molecular formula is C20H16ClFN6O2S. The highest BCUT2D eigenvalue weighted by Crippen LogP contribution is 2.25. The molecule has 0 atom stereocenters. The fraction of sp³-hybridized carbons (Fsp3) is 0.150. The minimum atomic E-state index is -0.604. The monoisotopic (exact) mass is 458 g/mol. The van der Waals surface area contributed by atoms with E-state index >= 15 is 0 Å². The van der Waals surface area contributed by atoms with E-state index in [2.05, 4.69) is 25.7 Å². The first-order valence-electron chi connectivity index (χ1n) is 9.09. The highest BCUT2D eigenvalue weighted by atomic mass is 35.5. The summed E-state index contributed by atoms with van der Waals surface area (Å²) in [5.41, 5.74) is 2.01. The number of anilines is 1. The topological polar surface area (TPSA) is 98.7 Å².